The Hall–Kier alpha value is -1.96. The van der Waals surface area contributed by atoms with Crippen LogP contribution in [0.15, 0.2) is 18.2 Å². The lowest BCUT2D eigenvalue weighted by molar-refractivity contribution is -0.275. The number of carbonyl (C=O) groups excluding carboxylic acids is 1. The van der Waals surface area contributed by atoms with Crippen LogP contribution in [0.2, 0.25) is 0 Å². The van der Waals surface area contributed by atoms with Gasteiger partial charge in [0.25, 0.3) is 0 Å². The average molecular weight is 293 g/mol. The van der Waals surface area contributed by atoms with Crippen molar-refractivity contribution < 1.29 is 32.2 Å². The van der Waals surface area contributed by atoms with Gasteiger partial charge in [-0.25, -0.2) is 0 Å². The first-order chi connectivity index (χ1) is 9.26. The number of methoxy groups -OCH3 is 2. The van der Waals surface area contributed by atoms with Gasteiger partial charge in [-0.15, -0.1) is 13.2 Å². The van der Waals surface area contributed by atoms with Crippen LogP contribution < -0.4 is 15.2 Å². The van der Waals surface area contributed by atoms with Crippen LogP contribution in [0.4, 0.5) is 13.2 Å². The predicted molar refractivity (Wildman–Crippen MR) is 63.4 cm³/mol. The van der Waals surface area contributed by atoms with Crippen LogP contribution in [-0.2, 0) is 16.0 Å². The van der Waals surface area contributed by atoms with Crippen LogP contribution in [0, 0.1) is 0 Å². The molecule has 5 nitrogen and oxygen atoms in total. The van der Waals surface area contributed by atoms with Crippen LogP contribution in [0.1, 0.15) is 5.56 Å². The Morgan fingerprint density at radius 2 is 1.95 bits per heavy atom. The van der Waals surface area contributed by atoms with Gasteiger partial charge in [0.05, 0.1) is 14.2 Å². The van der Waals surface area contributed by atoms with Crippen molar-refractivity contribution in [3.8, 4) is 11.5 Å². The van der Waals surface area contributed by atoms with Crippen molar-refractivity contribution in [1.82, 2.24) is 0 Å². The molecule has 0 saturated heterocycles. The Morgan fingerprint density at radius 3 is 2.45 bits per heavy atom. The summed E-state index contributed by atoms with van der Waals surface area (Å²) in [5.74, 6) is -1.22. The van der Waals surface area contributed by atoms with E-state index in [1.54, 1.807) is 0 Å². The molecule has 2 N–H and O–H groups in total. The largest absolute Gasteiger partial charge is 0.573 e. The van der Waals surface area contributed by atoms with Gasteiger partial charge in [-0.1, -0.05) is 6.07 Å². The lowest BCUT2D eigenvalue weighted by Gasteiger charge is -2.15. The molecule has 112 valence electrons. The van der Waals surface area contributed by atoms with Crippen LogP contribution in [0.3, 0.4) is 0 Å². The molecule has 0 radical (unpaired) electrons. The maximum absolute atomic E-state index is 12.3. The van der Waals surface area contributed by atoms with E-state index in [0.29, 0.717) is 5.56 Å². The van der Waals surface area contributed by atoms with E-state index in [-0.39, 0.29) is 12.2 Å². The standard InChI is InChI=1S/C12H14F3NO4/c1-18-9-4-3-7(5-8(16)11(17)19-2)6-10(9)20-12(13,14)15/h3-4,6,8H,5,16H2,1-2H3. The summed E-state index contributed by atoms with van der Waals surface area (Å²) in [6, 6.07) is 2.95. The monoisotopic (exact) mass is 293 g/mol. The molecule has 0 aliphatic heterocycles. The van der Waals surface area contributed by atoms with Crippen LogP contribution in [0.25, 0.3) is 0 Å². The number of halogens is 3. The Morgan fingerprint density at radius 1 is 1.30 bits per heavy atom. The fourth-order valence-electron chi connectivity index (χ4n) is 1.54. The van der Waals surface area contributed by atoms with Crippen molar-refractivity contribution in [2.24, 2.45) is 5.73 Å². The number of nitrogens with two attached hydrogens (primary N) is 1. The molecule has 0 heterocycles. The second-order valence-electron chi connectivity index (χ2n) is 3.87. The highest BCUT2D eigenvalue weighted by atomic mass is 19.4. The maximum Gasteiger partial charge on any atom is 0.573 e. The highest BCUT2D eigenvalue weighted by Gasteiger charge is 2.32. The van der Waals surface area contributed by atoms with E-state index in [4.69, 9.17) is 10.5 Å². The van der Waals surface area contributed by atoms with Crippen molar-refractivity contribution in [2.75, 3.05) is 14.2 Å². The number of alkyl halides is 3. The summed E-state index contributed by atoms with van der Waals surface area (Å²) in [5, 5.41) is 0. The molecule has 0 aromatic heterocycles. The van der Waals surface area contributed by atoms with Gasteiger partial charge in [0, 0.05) is 0 Å². The summed E-state index contributed by atoms with van der Waals surface area (Å²) < 4.78 is 49.8. The Labute approximate surface area is 113 Å². The fourth-order valence-corrected chi connectivity index (χ4v) is 1.54. The third-order valence-electron chi connectivity index (χ3n) is 2.41. The number of carbonyl (C=O) groups is 1. The minimum absolute atomic E-state index is 0.0187. The third-order valence-corrected chi connectivity index (χ3v) is 2.41. The van der Waals surface area contributed by atoms with E-state index < -0.39 is 24.1 Å². The lowest BCUT2D eigenvalue weighted by atomic mass is 10.1. The second kappa shape index (κ2) is 6.47. The van der Waals surface area contributed by atoms with E-state index in [1.807, 2.05) is 0 Å². The molecule has 0 aliphatic carbocycles. The molecule has 20 heavy (non-hydrogen) atoms. The quantitative estimate of drug-likeness (QED) is 0.836. The normalized spacial score (nSPS) is 12.7. The van der Waals surface area contributed by atoms with Crippen molar-refractivity contribution in [1.29, 1.82) is 0 Å². The zero-order chi connectivity index (χ0) is 15.3. The van der Waals surface area contributed by atoms with Crippen LogP contribution in [0.5, 0.6) is 11.5 Å². The Balaban J connectivity index is 2.95. The van der Waals surface area contributed by atoms with Crippen LogP contribution >= 0.6 is 0 Å². The smallest absolute Gasteiger partial charge is 0.493 e. The summed E-state index contributed by atoms with van der Waals surface area (Å²) in [6.07, 6.45) is -4.82. The van der Waals surface area contributed by atoms with Gasteiger partial charge in [0.1, 0.15) is 6.04 Å². The van der Waals surface area contributed by atoms with Gasteiger partial charge in [-0.2, -0.15) is 0 Å². The molecule has 0 bridgehead atoms. The molecular formula is C12H14F3NO4. The summed E-state index contributed by atoms with van der Waals surface area (Å²) >= 11 is 0. The number of esters is 1. The first-order valence-corrected chi connectivity index (χ1v) is 5.53. The summed E-state index contributed by atoms with van der Waals surface area (Å²) in [7, 11) is 2.40. The van der Waals surface area contributed by atoms with Crippen molar-refractivity contribution >= 4 is 5.97 Å². The molecule has 1 aromatic rings. The summed E-state index contributed by atoms with van der Waals surface area (Å²) in [5.41, 5.74) is 5.93. The van der Waals surface area contributed by atoms with E-state index in [0.717, 1.165) is 6.07 Å². The molecular weight excluding hydrogens is 279 g/mol. The van der Waals surface area contributed by atoms with Crippen LogP contribution in [-0.4, -0.2) is 32.6 Å². The highest BCUT2D eigenvalue weighted by molar-refractivity contribution is 5.75. The zero-order valence-electron chi connectivity index (χ0n) is 10.9. The molecule has 0 fully saturated rings. The Bertz CT molecular complexity index is 476. The van der Waals surface area contributed by atoms with Gasteiger partial charge in [-0.05, 0) is 24.1 Å². The van der Waals surface area contributed by atoms with Gasteiger partial charge in [0.15, 0.2) is 11.5 Å². The third kappa shape index (κ3) is 4.61. The molecule has 0 spiro atoms. The van der Waals surface area contributed by atoms with Crippen molar-refractivity contribution in [2.45, 2.75) is 18.8 Å². The number of rotatable bonds is 5. The molecule has 1 unspecified atom stereocenters. The number of hydrogen-bond donors (Lipinski definition) is 1. The minimum Gasteiger partial charge on any atom is -0.493 e. The predicted octanol–water partition coefficient (Wildman–Crippen LogP) is 1.64. The molecule has 0 aliphatic rings. The van der Waals surface area contributed by atoms with Gasteiger partial charge < -0.3 is 19.9 Å². The van der Waals surface area contributed by atoms with E-state index in [9.17, 15) is 18.0 Å². The molecule has 1 aromatic carbocycles. The number of hydrogen-bond acceptors (Lipinski definition) is 5. The Kier molecular flexibility index (Phi) is 5.20. The first kappa shape index (κ1) is 16.1. The molecule has 0 saturated carbocycles. The molecule has 8 heteroatoms. The number of ether oxygens (including phenoxy) is 3. The van der Waals surface area contributed by atoms with Gasteiger partial charge in [-0.3, -0.25) is 4.79 Å². The lowest BCUT2D eigenvalue weighted by Crippen LogP contribution is -2.33. The number of benzene rings is 1. The van der Waals surface area contributed by atoms with E-state index >= 15 is 0 Å². The van der Waals surface area contributed by atoms with Gasteiger partial charge in [0.2, 0.25) is 0 Å². The van der Waals surface area contributed by atoms with E-state index in [2.05, 4.69) is 9.47 Å². The summed E-state index contributed by atoms with van der Waals surface area (Å²) in [4.78, 5) is 11.2. The SMILES string of the molecule is COC(=O)C(N)Cc1ccc(OC)c(OC(F)(F)F)c1. The summed E-state index contributed by atoms with van der Waals surface area (Å²) in [6.45, 7) is 0. The molecule has 0 amide bonds. The fraction of sp³-hybridized carbons (Fsp3) is 0.417. The maximum atomic E-state index is 12.3. The molecule has 1 atom stereocenters. The first-order valence-electron chi connectivity index (χ1n) is 5.53. The van der Waals surface area contributed by atoms with Crippen molar-refractivity contribution in [3.63, 3.8) is 0 Å². The zero-order valence-corrected chi connectivity index (χ0v) is 10.9. The minimum atomic E-state index is -4.84. The van der Waals surface area contributed by atoms with E-state index in [1.165, 1.54) is 26.4 Å². The van der Waals surface area contributed by atoms with Gasteiger partial charge >= 0.3 is 12.3 Å². The topological polar surface area (TPSA) is 70.8 Å². The van der Waals surface area contributed by atoms with Crippen molar-refractivity contribution in [3.05, 3.63) is 23.8 Å². The molecule has 1 rings (SSSR count). The average Bonchev–Trinajstić information content (AvgIpc) is 2.36. The second-order valence-corrected chi connectivity index (χ2v) is 3.87. The highest BCUT2D eigenvalue weighted by Crippen LogP contribution is 2.33.